The second-order valence-electron chi connectivity index (χ2n) is 3.41. The zero-order valence-corrected chi connectivity index (χ0v) is 9.29. The van der Waals surface area contributed by atoms with Crippen LogP contribution in [-0.4, -0.2) is 25.8 Å². The van der Waals surface area contributed by atoms with E-state index in [1.165, 1.54) is 6.20 Å². The number of hydrogen-bond donors (Lipinski definition) is 2. The molecule has 0 atom stereocenters. The first-order valence-electron chi connectivity index (χ1n) is 5.18. The zero-order valence-electron chi connectivity index (χ0n) is 9.29. The van der Waals surface area contributed by atoms with Gasteiger partial charge in [0.05, 0.1) is 17.6 Å². The van der Waals surface area contributed by atoms with Crippen LogP contribution in [-0.2, 0) is 6.54 Å². The Balaban J connectivity index is 2.26. The van der Waals surface area contributed by atoms with Gasteiger partial charge in [0, 0.05) is 18.9 Å². The van der Waals surface area contributed by atoms with Crippen LogP contribution in [0.4, 0.5) is 11.4 Å². The summed E-state index contributed by atoms with van der Waals surface area (Å²) in [4.78, 5) is 14.8. The van der Waals surface area contributed by atoms with Crippen molar-refractivity contribution >= 4 is 17.3 Å². The monoisotopic (exact) mass is 232 g/mol. The van der Waals surface area contributed by atoms with Gasteiger partial charge < -0.3 is 10.4 Å². The molecule has 2 N–H and O–H groups in total. The van der Waals surface area contributed by atoms with Crippen LogP contribution in [0.1, 0.15) is 17.4 Å². The predicted molar refractivity (Wildman–Crippen MR) is 62.4 cm³/mol. The highest BCUT2D eigenvalue weighted by molar-refractivity contribution is 5.92. The summed E-state index contributed by atoms with van der Waals surface area (Å²) in [5.41, 5.74) is 1.19. The lowest BCUT2D eigenvalue weighted by Gasteiger charge is -2.05. The van der Waals surface area contributed by atoms with E-state index in [4.69, 9.17) is 5.11 Å². The summed E-state index contributed by atoms with van der Waals surface area (Å²) in [5.74, 6) is -1.06. The fourth-order valence-electron chi connectivity index (χ4n) is 1.43. The molecule has 0 aliphatic heterocycles. The molecule has 0 fully saturated rings. The standard InChI is InChI=1S/C11H12N4O2/c1-2-15-7-8(6-13-15)14-9-4-3-5-12-10(9)11(16)17/h3-7,14H,2H2,1H3,(H,16,17). The minimum absolute atomic E-state index is 0.00301. The van der Waals surface area contributed by atoms with Gasteiger partial charge in [0.15, 0.2) is 5.69 Å². The van der Waals surface area contributed by atoms with Gasteiger partial charge in [-0.3, -0.25) is 4.68 Å². The van der Waals surface area contributed by atoms with Gasteiger partial charge in [-0.1, -0.05) is 0 Å². The summed E-state index contributed by atoms with van der Waals surface area (Å²) < 4.78 is 1.75. The summed E-state index contributed by atoms with van der Waals surface area (Å²) in [6, 6.07) is 3.35. The van der Waals surface area contributed by atoms with Crippen LogP contribution in [0, 0.1) is 0 Å². The number of aryl methyl sites for hydroxylation is 1. The summed E-state index contributed by atoms with van der Waals surface area (Å²) in [5, 5.41) is 16.0. The predicted octanol–water partition coefficient (Wildman–Crippen LogP) is 1.74. The lowest BCUT2D eigenvalue weighted by Crippen LogP contribution is -2.04. The fraction of sp³-hybridized carbons (Fsp3) is 0.182. The second-order valence-corrected chi connectivity index (χ2v) is 3.41. The van der Waals surface area contributed by atoms with E-state index in [1.807, 2.05) is 6.92 Å². The summed E-state index contributed by atoms with van der Waals surface area (Å²) in [7, 11) is 0. The van der Waals surface area contributed by atoms with Crippen LogP contribution in [0.25, 0.3) is 0 Å². The molecule has 2 heterocycles. The third kappa shape index (κ3) is 2.41. The molecule has 0 aromatic carbocycles. The molecule has 0 aliphatic rings. The maximum absolute atomic E-state index is 11.0. The van der Waals surface area contributed by atoms with Crippen molar-refractivity contribution in [1.29, 1.82) is 0 Å². The van der Waals surface area contributed by atoms with E-state index in [-0.39, 0.29) is 5.69 Å². The maximum Gasteiger partial charge on any atom is 0.356 e. The van der Waals surface area contributed by atoms with Crippen LogP contribution >= 0.6 is 0 Å². The van der Waals surface area contributed by atoms with Crippen LogP contribution < -0.4 is 5.32 Å². The number of hydrogen-bond acceptors (Lipinski definition) is 4. The molecule has 17 heavy (non-hydrogen) atoms. The van der Waals surface area contributed by atoms with E-state index in [0.29, 0.717) is 5.69 Å². The number of anilines is 2. The van der Waals surface area contributed by atoms with Crippen LogP contribution in [0.3, 0.4) is 0 Å². The van der Waals surface area contributed by atoms with Crippen molar-refractivity contribution < 1.29 is 9.90 Å². The maximum atomic E-state index is 11.0. The van der Waals surface area contributed by atoms with Crippen molar-refractivity contribution in [3.63, 3.8) is 0 Å². The number of rotatable bonds is 4. The Kier molecular flexibility index (Phi) is 3.04. The number of carboxylic acid groups (broad SMARTS) is 1. The van der Waals surface area contributed by atoms with Gasteiger partial charge in [0.25, 0.3) is 0 Å². The minimum atomic E-state index is -1.06. The van der Waals surface area contributed by atoms with E-state index >= 15 is 0 Å². The molecule has 0 unspecified atom stereocenters. The Hall–Kier alpha value is -2.37. The highest BCUT2D eigenvalue weighted by atomic mass is 16.4. The molecule has 6 nitrogen and oxygen atoms in total. The summed E-state index contributed by atoms with van der Waals surface area (Å²) in [6.07, 6.45) is 4.89. The molecule has 0 saturated carbocycles. The van der Waals surface area contributed by atoms with Gasteiger partial charge in [0.2, 0.25) is 0 Å². The molecule has 0 amide bonds. The average Bonchev–Trinajstić information content (AvgIpc) is 2.77. The van der Waals surface area contributed by atoms with Gasteiger partial charge in [-0.05, 0) is 19.1 Å². The topological polar surface area (TPSA) is 80.0 Å². The third-order valence-electron chi connectivity index (χ3n) is 2.25. The first kappa shape index (κ1) is 11.1. The van der Waals surface area contributed by atoms with Crippen molar-refractivity contribution in [2.24, 2.45) is 0 Å². The van der Waals surface area contributed by atoms with Gasteiger partial charge in [0.1, 0.15) is 0 Å². The van der Waals surface area contributed by atoms with Gasteiger partial charge >= 0.3 is 5.97 Å². The van der Waals surface area contributed by atoms with Gasteiger partial charge in [-0.25, -0.2) is 9.78 Å². The van der Waals surface area contributed by atoms with Gasteiger partial charge in [-0.2, -0.15) is 5.10 Å². The minimum Gasteiger partial charge on any atom is -0.476 e. The first-order chi connectivity index (χ1) is 8.20. The fourth-order valence-corrected chi connectivity index (χ4v) is 1.43. The highest BCUT2D eigenvalue weighted by Crippen LogP contribution is 2.18. The smallest absolute Gasteiger partial charge is 0.356 e. The Bertz CT molecular complexity index is 536. The summed E-state index contributed by atoms with van der Waals surface area (Å²) in [6.45, 7) is 2.74. The van der Waals surface area contributed by atoms with E-state index in [9.17, 15) is 4.79 Å². The number of nitrogens with zero attached hydrogens (tertiary/aromatic N) is 3. The van der Waals surface area contributed by atoms with Crippen LogP contribution in [0.2, 0.25) is 0 Å². The Morgan fingerprint density at radius 1 is 1.59 bits per heavy atom. The van der Waals surface area contributed by atoms with E-state index in [1.54, 1.807) is 29.2 Å². The first-order valence-corrected chi connectivity index (χ1v) is 5.18. The van der Waals surface area contributed by atoms with Crippen molar-refractivity contribution in [1.82, 2.24) is 14.8 Å². The summed E-state index contributed by atoms with van der Waals surface area (Å²) >= 11 is 0. The van der Waals surface area contributed by atoms with Crippen molar-refractivity contribution in [2.75, 3.05) is 5.32 Å². The van der Waals surface area contributed by atoms with Crippen molar-refractivity contribution in [2.45, 2.75) is 13.5 Å². The van der Waals surface area contributed by atoms with Crippen molar-refractivity contribution in [3.8, 4) is 0 Å². The van der Waals surface area contributed by atoms with Crippen LogP contribution in [0.15, 0.2) is 30.7 Å². The number of carbonyl (C=O) groups is 1. The molecular weight excluding hydrogens is 220 g/mol. The third-order valence-corrected chi connectivity index (χ3v) is 2.25. The Morgan fingerprint density at radius 3 is 3.06 bits per heavy atom. The largest absolute Gasteiger partial charge is 0.476 e. The van der Waals surface area contributed by atoms with Crippen molar-refractivity contribution in [3.05, 3.63) is 36.4 Å². The number of aromatic nitrogens is 3. The number of nitrogens with one attached hydrogen (secondary N) is 1. The highest BCUT2D eigenvalue weighted by Gasteiger charge is 2.11. The quantitative estimate of drug-likeness (QED) is 0.839. The average molecular weight is 232 g/mol. The molecular formula is C11H12N4O2. The van der Waals surface area contributed by atoms with Gasteiger partial charge in [-0.15, -0.1) is 0 Å². The molecule has 2 rings (SSSR count). The molecule has 0 spiro atoms. The number of carboxylic acids is 1. The second kappa shape index (κ2) is 4.65. The number of aromatic carboxylic acids is 1. The molecule has 2 aromatic rings. The van der Waals surface area contributed by atoms with E-state index in [0.717, 1.165) is 12.2 Å². The Morgan fingerprint density at radius 2 is 2.41 bits per heavy atom. The molecule has 6 heteroatoms. The van der Waals surface area contributed by atoms with Crippen LogP contribution in [0.5, 0.6) is 0 Å². The van der Waals surface area contributed by atoms with E-state index < -0.39 is 5.97 Å². The molecule has 0 aliphatic carbocycles. The lowest BCUT2D eigenvalue weighted by molar-refractivity contribution is 0.0691. The molecule has 2 aromatic heterocycles. The normalized spacial score (nSPS) is 10.2. The molecule has 0 radical (unpaired) electrons. The zero-order chi connectivity index (χ0) is 12.3. The van der Waals surface area contributed by atoms with E-state index in [2.05, 4.69) is 15.4 Å². The molecule has 0 bridgehead atoms. The molecule has 0 saturated heterocycles. The SMILES string of the molecule is CCn1cc(Nc2cccnc2C(=O)O)cn1. The number of pyridine rings is 1. The Labute approximate surface area is 97.9 Å². The lowest BCUT2D eigenvalue weighted by atomic mass is 10.3. The molecule has 88 valence electrons.